The first-order valence-electron chi connectivity index (χ1n) is 12.8. The van der Waals surface area contributed by atoms with Gasteiger partial charge >= 0.3 is 0 Å². The number of nitrogens with zero attached hydrogens (tertiary/aromatic N) is 2. The Hall–Kier alpha value is -3.97. The van der Waals surface area contributed by atoms with Crippen molar-refractivity contribution in [1.29, 1.82) is 0 Å². The zero-order chi connectivity index (χ0) is 27.5. The summed E-state index contributed by atoms with van der Waals surface area (Å²) in [6, 6.07) is 18.3. The van der Waals surface area contributed by atoms with Crippen LogP contribution in [-0.2, 0) is 0 Å². The Bertz CT molecular complexity index is 1430. The first kappa shape index (κ1) is 26.6. The molecule has 0 N–H and O–H groups in total. The number of methoxy groups -OCH3 is 4. The topological polar surface area (TPSA) is 69.6 Å². The second kappa shape index (κ2) is 11.4. The summed E-state index contributed by atoms with van der Waals surface area (Å²) in [6.45, 7) is 0. The number of fused-ring (bicyclic) bond motifs is 1. The molecule has 0 unspecified atom stereocenters. The molecule has 1 saturated carbocycles. The van der Waals surface area contributed by atoms with Gasteiger partial charge in [0.1, 0.15) is 0 Å². The molecule has 1 aliphatic carbocycles. The van der Waals surface area contributed by atoms with Gasteiger partial charge < -0.3 is 18.9 Å². The molecular formula is C31H31ClN2O5. The third kappa shape index (κ3) is 5.19. The summed E-state index contributed by atoms with van der Waals surface area (Å²) in [5, 5.41) is 7.19. The summed E-state index contributed by atoms with van der Waals surface area (Å²) in [5.74, 6) is 2.43. The van der Waals surface area contributed by atoms with Crippen molar-refractivity contribution < 1.29 is 23.7 Å². The predicted molar refractivity (Wildman–Crippen MR) is 152 cm³/mol. The molecule has 39 heavy (non-hydrogen) atoms. The van der Waals surface area contributed by atoms with E-state index in [9.17, 15) is 4.79 Å². The summed E-state index contributed by atoms with van der Waals surface area (Å²) < 4.78 is 22.0. The van der Waals surface area contributed by atoms with Crippen LogP contribution < -0.4 is 18.9 Å². The van der Waals surface area contributed by atoms with Crippen LogP contribution in [0.15, 0.2) is 71.3 Å². The number of allylic oxidation sites excluding steroid dienone is 1. The van der Waals surface area contributed by atoms with Crippen molar-refractivity contribution in [2.75, 3.05) is 28.4 Å². The number of ether oxygens (including phenoxy) is 4. The van der Waals surface area contributed by atoms with Crippen LogP contribution in [0.1, 0.15) is 46.8 Å². The van der Waals surface area contributed by atoms with Gasteiger partial charge in [-0.2, -0.15) is 5.10 Å². The lowest BCUT2D eigenvalue weighted by Crippen LogP contribution is -2.32. The number of benzene rings is 3. The van der Waals surface area contributed by atoms with E-state index >= 15 is 0 Å². The number of hydrogen-bond donors (Lipinski definition) is 0. The molecular weight excluding hydrogens is 516 g/mol. The molecule has 2 atom stereocenters. The van der Waals surface area contributed by atoms with Gasteiger partial charge in [0.25, 0.3) is 5.91 Å². The van der Waals surface area contributed by atoms with E-state index in [2.05, 4.69) is 6.08 Å². The maximum absolute atomic E-state index is 13.9. The highest BCUT2D eigenvalue weighted by Gasteiger charge is 2.44. The first-order valence-corrected chi connectivity index (χ1v) is 13.2. The van der Waals surface area contributed by atoms with Crippen molar-refractivity contribution in [1.82, 2.24) is 5.01 Å². The zero-order valence-electron chi connectivity index (χ0n) is 22.4. The standard InChI is InChI=1S/C31H31ClN2O5/c1-36-25-14-8-19(17-27(25)38-3)16-21-6-5-7-24-29(21)33-34(31(35)20-9-12-23(32)13-10-20)30(24)22-11-15-26(37-2)28(18-22)39-4/h8-18,24,30H,5-7H2,1-4H3/b21-16+/t24-,30+/m0/s1. The largest absolute Gasteiger partial charge is 0.493 e. The molecule has 202 valence electrons. The molecule has 5 rings (SSSR count). The number of hydrogen-bond acceptors (Lipinski definition) is 6. The van der Waals surface area contributed by atoms with Crippen molar-refractivity contribution >= 4 is 29.3 Å². The number of amides is 1. The number of carbonyl (C=O) groups excluding carboxylic acids is 1. The summed E-state index contributed by atoms with van der Waals surface area (Å²) in [5.41, 5.74) is 4.48. The Kier molecular flexibility index (Phi) is 7.79. The van der Waals surface area contributed by atoms with Gasteiger partial charge in [-0.25, -0.2) is 5.01 Å². The average Bonchev–Trinajstić information content (AvgIpc) is 3.37. The third-order valence-corrected chi connectivity index (χ3v) is 7.55. The molecule has 0 saturated heterocycles. The minimum absolute atomic E-state index is 0.0273. The lowest BCUT2D eigenvalue weighted by Gasteiger charge is -2.30. The SMILES string of the molecule is COc1ccc(/C=C2\CCC[C@H]3C2=NN(C(=O)c2ccc(Cl)cc2)[C@@H]3c2ccc(OC)c(OC)c2)cc1OC. The summed E-state index contributed by atoms with van der Waals surface area (Å²) >= 11 is 6.10. The van der Waals surface area contributed by atoms with Gasteiger partial charge in [0.2, 0.25) is 0 Å². The van der Waals surface area contributed by atoms with Gasteiger partial charge in [0.15, 0.2) is 23.0 Å². The molecule has 8 heteroatoms. The van der Waals surface area contributed by atoms with Crippen LogP contribution >= 0.6 is 11.6 Å². The third-order valence-electron chi connectivity index (χ3n) is 7.30. The smallest absolute Gasteiger partial charge is 0.274 e. The van der Waals surface area contributed by atoms with Crippen LogP contribution in [0.5, 0.6) is 23.0 Å². The first-order chi connectivity index (χ1) is 19.0. The van der Waals surface area contributed by atoms with Crippen LogP contribution in [0.2, 0.25) is 5.02 Å². The Morgan fingerprint density at radius 3 is 2.18 bits per heavy atom. The van der Waals surface area contributed by atoms with Crippen molar-refractivity contribution in [3.63, 3.8) is 0 Å². The molecule has 3 aromatic rings. The van der Waals surface area contributed by atoms with E-state index in [1.54, 1.807) is 57.7 Å². The van der Waals surface area contributed by atoms with Gasteiger partial charge in [-0.1, -0.05) is 23.7 Å². The second-order valence-corrected chi connectivity index (χ2v) is 9.92. The highest BCUT2D eigenvalue weighted by atomic mass is 35.5. The predicted octanol–water partition coefficient (Wildman–Crippen LogP) is 6.81. The molecule has 1 aliphatic heterocycles. The Morgan fingerprint density at radius 1 is 0.872 bits per heavy atom. The fourth-order valence-electron chi connectivity index (χ4n) is 5.41. The lowest BCUT2D eigenvalue weighted by atomic mass is 9.77. The number of carbonyl (C=O) groups is 1. The van der Waals surface area contributed by atoms with Crippen LogP contribution in [0.25, 0.3) is 6.08 Å². The summed E-state index contributed by atoms with van der Waals surface area (Å²) in [4.78, 5) is 13.9. The minimum Gasteiger partial charge on any atom is -0.493 e. The summed E-state index contributed by atoms with van der Waals surface area (Å²) in [7, 11) is 6.46. The number of hydrazone groups is 1. The van der Waals surface area contributed by atoms with Crippen LogP contribution in [0, 0.1) is 5.92 Å². The molecule has 0 aromatic heterocycles. The quantitative estimate of drug-likeness (QED) is 0.325. The second-order valence-electron chi connectivity index (χ2n) is 9.48. The molecule has 1 amide bonds. The average molecular weight is 547 g/mol. The van der Waals surface area contributed by atoms with Gasteiger partial charge in [-0.3, -0.25) is 4.79 Å². The molecule has 1 fully saturated rings. The lowest BCUT2D eigenvalue weighted by molar-refractivity contribution is 0.0680. The zero-order valence-corrected chi connectivity index (χ0v) is 23.2. The number of rotatable bonds is 7. The van der Waals surface area contributed by atoms with Gasteiger partial charge in [-0.05, 0) is 90.6 Å². The molecule has 1 heterocycles. The van der Waals surface area contributed by atoms with E-state index < -0.39 is 0 Å². The number of halogens is 1. The normalized spacial score (nSPS) is 19.4. The monoisotopic (exact) mass is 546 g/mol. The van der Waals surface area contributed by atoms with Crippen LogP contribution in [0.4, 0.5) is 0 Å². The van der Waals surface area contributed by atoms with E-state index in [-0.39, 0.29) is 17.9 Å². The minimum atomic E-state index is -0.294. The van der Waals surface area contributed by atoms with E-state index in [0.29, 0.717) is 33.6 Å². The van der Waals surface area contributed by atoms with Crippen molar-refractivity contribution in [2.45, 2.75) is 25.3 Å². The maximum Gasteiger partial charge on any atom is 0.274 e. The van der Waals surface area contributed by atoms with E-state index in [1.165, 1.54) is 0 Å². The van der Waals surface area contributed by atoms with Crippen molar-refractivity contribution in [3.05, 3.63) is 87.9 Å². The van der Waals surface area contributed by atoms with Crippen LogP contribution in [-0.4, -0.2) is 45.1 Å². The fraction of sp³-hybridized carbons (Fsp3) is 0.290. The maximum atomic E-state index is 13.9. The van der Waals surface area contributed by atoms with E-state index in [4.69, 9.17) is 35.6 Å². The summed E-state index contributed by atoms with van der Waals surface area (Å²) in [6.07, 6.45) is 4.89. The van der Waals surface area contributed by atoms with E-state index in [1.807, 2.05) is 36.4 Å². The molecule has 0 radical (unpaired) electrons. The van der Waals surface area contributed by atoms with Gasteiger partial charge in [0, 0.05) is 16.5 Å². The molecule has 0 spiro atoms. The van der Waals surface area contributed by atoms with Gasteiger partial charge in [0.05, 0.1) is 40.2 Å². The molecule has 3 aromatic carbocycles. The Balaban J connectivity index is 1.59. The highest BCUT2D eigenvalue weighted by Crippen LogP contribution is 2.46. The molecule has 2 aliphatic rings. The van der Waals surface area contributed by atoms with Gasteiger partial charge in [-0.15, -0.1) is 0 Å². The Labute approximate surface area is 233 Å². The fourth-order valence-corrected chi connectivity index (χ4v) is 5.53. The van der Waals surface area contributed by atoms with Crippen LogP contribution in [0.3, 0.4) is 0 Å². The van der Waals surface area contributed by atoms with Crippen molar-refractivity contribution in [2.24, 2.45) is 11.0 Å². The van der Waals surface area contributed by atoms with Crippen molar-refractivity contribution in [3.8, 4) is 23.0 Å². The highest BCUT2D eigenvalue weighted by molar-refractivity contribution is 6.30. The molecule has 7 nitrogen and oxygen atoms in total. The Morgan fingerprint density at radius 2 is 1.51 bits per heavy atom. The van der Waals surface area contributed by atoms with E-state index in [0.717, 1.165) is 41.7 Å². The molecule has 0 bridgehead atoms.